The summed E-state index contributed by atoms with van der Waals surface area (Å²) in [5.41, 5.74) is 0.504. The molecule has 0 aromatic carbocycles. The monoisotopic (exact) mass is 245 g/mol. The van der Waals surface area contributed by atoms with Gasteiger partial charge in [0.25, 0.3) is 0 Å². The standard InChI is InChI=1S/C13H27NOS/c1-4-5-7-15-8-6-14-12-9-13(2,3)11-16-10-12/h12,14H,4-11H2,1-3H3. The Kier molecular flexibility index (Phi) is 6.78. The summed E-state index contributed by atoms with van der Waals surface area (Å²) < 4.78 is 5.55. The highest BCUT2D eigenvalue weighted by Crippen LogP contribution is 2.33. The Bertz CT molecular complexity index is 185. The first-order valence-corrected chi connectivity index (χ1v) is 7.68. The van der Waals surface area contributed by atoms with Crippen molar-refractivity contribution < 1.29 is 4.74 Å². The van der Waals surface area contributed by atoms with Crippen LogP contribution in [0.4, 0.5) is 0 Å². The molecular formula is C13H27NOS. The molecule has 0 aromatic rings. The SMILES string of the molecule is CCCCOCCNC1CSCC(C)(C)C1. The molecule has 1 atom stereocenters. The molecule has 1 fully saturated rings. The first-order valence-electron chi connectivity index (χ1n) is 6.53. The molecule has 1 heterocycles. The molecule has 0 radical (unpaired) electrons. The number of unbranched alkanes of at least 4 members (excludes halogenated alkanes) is 1. The number of nitrogens with one attached hydrogen (secondary N) is 1. The summed E-state index contributed by atoms with van der Waals surface area (Å²) in [5, 5.41) is 3.61. The van der Waals surface area contributed by atoms with Crippen molar-refractivity contribution >= 4 is 11.8 Å². The van der Waals surface area contributed by atoms with Crippen LogP contribution in [-0.4, -0.2) is 37.3 Å². The average Bonchev–Trinajstić information content (AvgIpc) is 2.22. The number of rotatable bonds is 7. The van der Waals surface area contributed by atoms with Crippen molar-refractivity contribution in [2.75, 3.05) is 31.3 Å². The van der Waals surface area contributed by atoms with Crippen molar-refractivity contribution in [3.63, 3.8) is 0 Å². The molecular weight excluding hydrogens is 218 g/mol. The summed E-state index contributed by atoms with van der Waals surface area (Å²) in [4.78, 5) is 0. The zero-order chi connectivity index (χ0) is 11.9. The lowest BCUT2D eigenvalue weighted by molar-refractivity contribution is 0.129. The van der Waals surface area contributed by atoms with Crippen LogP contribution >= 0.6 is 11.8 Å². The average molecular weight is 245 g/mol. The van der Waals surface area contributed by atoms with Gasteiger partial charge in [-0.2, -0.15) is 11.8 Å². The first kappa shape index (κ1) is 14.3. The van der Waals surface area contributed by atoms with E-state index in [-0.39, 0.29) is 0 Å². The highest BCUT2D eigenvalue weighted by Gasteiger charge is 2.27. The second-order valence-corrected chi connectivity index (χ2v) is 6.53. The molecule has 0 aliphatic carbocycles. The maximum absolute atomic E-state index is 5.55. The first-order chi connectivity index (χ1) is 7.64. The van der Waals surface area contributed by atoms with Crippen LogP contribution in [0.2, 0.25) is 0 Å². The highest BCUT2D eigenvalue weighted by atomic mass is 32.2. The molecule has 1 aliphatic heterocycles. The number of hydrogen-bond acceptors (Lipinski definition) is 3. The molecule has 1 aliphatic rings. The fraction of sp³-hybridized carbons (Fsp3) is 1.00. The molecule has 3 heteroatoms. The van der Waals surface area contributed by atoms with Gasteiger partial charge < -0.3 is 10.1 Å². The molecule has 0 bridgehead atoms. The third-order valence-electron chi connectivity index (χ3n) is 2.93. The molecule has 1 N–H and O–H groups in total. The summed E-state index contributed by atoms with van der Waals surface area (Å²) in [7, 11) is 0. The molecule has 1 unspecified atom stereocenters. The summed E-state index contributed by atoms with van der Waals surface area (Å²) in [5.74, 6) is 2.57. The fourth-order valence-corrected chi connectivity index (χ4v) is 3.39. The van der Waals surface area contributed by atoms with Crippen molar-refractivity contribution in [3.8, 4) is 0 Å². The predicted molar refractivity (Wildman–Crippen MR) is 73.2 cm³/mol. The molecule has 0 spiro atoms. The number of hydrogen-bond donors (Lipinski definition) is 1. The highest BCUT2D eigenvalue weighted by molar-refractivity contribution is 7.99. The minimum atomic E-state index is 0.504. The Morgan fingerprint density at radius 1 is 1.38 bits per heavy atom. The van der Waals surface area contributed by atoms with Gasteiger partial charge in [0, 0.05) is 24.9 Å². The van der Waals surface area contributed by atoms with Crippen molar-refractivity contribution in [1.82, 2.24) is 5.32 Å². The van der Waals surface area contributed by atoms with E-state index in [1.54, 1.807) is 0 Å². The van der Waals surface area contributed by atoms with E-state index in [2.05, 4.69) is 37.8 Å². The summed E-state index contributed by atoms with van der Waals surface area (Å²) >= 11 is 2.08. The summed E-state index contributed by atoms with van der Waals surface area (Å²) in [6.45, 7) is 9.72. The van der Waals surface area contributed by atoms with E-state index in [9.17, 15) is 0 Å². The van der Waals surface area contributed by atoms with Crippen molar-refractivity contribution in [2.45, 2.75) is 46.1 Å². The minimum Gasteiger partial charge on any atom is -0.380 e. The van der Waals surface area contributed by atoms with Crippen molar-refractivity contribution in [2.24, 2.45) is 5.41 Å². The summed E-state index contributed by atoms with van der Waals surface area (Å²) in [6.07, 6.45) is 3.71. The van der Waals surface area contributed by atoms with Crippen LogP contribution in [0.3, 0.4) is 0 Å². The van der Waals surface area contributed by atoms with Gasteiger partial charge in [-0.3, -0.25) is 0 Å². The van der Waals surface area contributed by atoms with Crippen LogP contribution < -0.4 is 5.32 Å². The van der Waals surface area contributed by atoms with Gasteiger partial charge in [-0.25, -0.2) is 0 Å². The molecule has 1 saturated heterocycles. The Hall–Kier alpha value is 0.270. The number of thioether (sulfide) groups is 1. The Morgan fingerprint density at radius 2 is 2.19 bits per heavy atom. The second kappa shape index (κ2) is 7.57. The van der Waals surface area contributed by atoms with Gasteiger partial charge in [0.15, 0.2) is 0 Å². The van der Waals surface area contributed by atoms with Crippen LogP contribution in [0.15, 0.2) is 0 Å². The van der Waals surface area contributed by atoms with E-state index >= 15 is 0 Å². The smallest absolute Gasteiger partial charge is 0.0591 e. The lowest BCUT2D eigenvalue weighted by Crippen LogP contribution is -2.41. The Labute approximate surface area is 105 Å². The van der Waals surface area contributed by atoms with Crippen molar-refractivity contribution in [3.05, 3.63) is 0 Å². The van der Waals surface area contributed by atoms with E-state index in [0.717, 1.165) is 19.8 Å². The second-order valence-electron chi connectivity index (χ2n) is 5.50. The predicted octanol–water partition coefficient (Wildman–Crippen LogP) is 2.92. The lowest BCUT2D eigenvalue weighted by atomic mass is 9.88. The maximum Gasteiger partial charge on any atom is 0.0591 e. The van der Waals surface area contributed by atoms with Gasteiger partial charge >= 0.3 is 0 Å². The van der Waals surface area contributed by atoms with Crippen LogP contribution in [0.25, 0.3) is 0 Å². The lowest BCUT2D eigenvalue weighted by Gasteiger charge is -2.35. The molecule has 0 aromatic heterocycles. The maximum atomic E-state index is 5.55. The molecule has 0 amide bonds. The third kappa shape index (κ3) is 6.12. The zero-order valence-corrected chi connectivity index (χ0v) is 11.9. The zero-order valence-electron chi connectivity index (χ0n) is 11.1. The van der Waals surface area contributed by atoms with Crippen LogP contribution in [0.1, 0.15) is 40.0 Å². The van der Waals surface area contributed by atoms with Crippen LogP contribution in [0, 0.1) is 5.41 Å². The van der Waals surface area contributed by atoms with Gasteiger partial charge in [0.05, 0.1) is 6.61 Å². The normalized spacial score (nSPS) is 24.6. The Morgan fingerprint density at radius 3 is 2.88 bits per heavy atom. The molecule has 96 valence electrons. The van der Waals surface area contributed by atoms with E-state index in [1.807, 2.05) is 0 Å². The number of ether oxygens (including phenoxy) is 1. The van der Waals surface area contributed by atoms with E-state index < -0.39 is 0 Å². The van der Waals surface area contributed by atoms with E-state index in [4.69, 9.17) is 4.74 Å². The summed E-state index contributed by atoms with van der Waals surface area (Å²) in [6, 6.07) is 0.684. The van der Waals surface area contributed by atoms with Gasteiger partial charge in [-0.15, -0.1) is 0 Å². The topological polar surface area (TPSA) is 21.3 Å². The third-order valence-corrected chi connectivity index (χ3v) is 4.56. The molecule has 1 rings (SSSR count). The quantitative estimate of drug-likeness (QED) is 0.697. The van der Waals surface area contributed by atoms with Crippen molar-refractivity contribution in [1.29, 1.82) is 0 Å². The molecule has 16 heavy (non-hydrogen) atoms. The molecule has 2 nitrogen and oxygen atoms in total. The van der Waals surface area contributed by atoms with E-state index in [1.165, 1.54) is 30.8 Å². The van der Waals surface area contributed by atoms with Gasteiger partial charge in [-0.05, 0) is 24.0 Å². The van der Waals surface area contributed by atoms with Crippen LogP contribution in [-0.2, 0) is 4.74 Å². The largest absolute Gasteiger partial charge is 0.380 e. The minimum absolute atomic E-state index is 0.504. The van der Waals surface area contributed by atoms with Gasteiger partial charge in [0.2, 0.25) is 0 Å². The fourth-order valence-electron chi connectivity index (χ4n) is 2.08. The molecule has 0 saturated carbocycles. The van der Waals surface area contributed by atoms with E-state index in [0.29, 0.717) is 11.5 Å². The van der Waals surface area contributed by atoms with Crippen LogP contribution in [0.5, 0.6) is 0 Å². The van der Waals surface area contributed by atoms with Gasteiger partial charge in [0.1, 0.15) is 0 Å². The Balaban J connectivity index is 2.00. The van der Waals surface area contributed by atoms with Gasteiger partial charge in [-0.1, -0.05) is 27.2 Å².